The Bertz CT molecular complexity index is 619. The Labute approximate surface area is 115 Å². The van der Waals surface area contributed by atoms with Crippen LogP contribution in [0, 0.1) is 12.7 Å². The molecular formula is C13H15FN4O2. The van der Waals surface area contributed by atoms with E-state index in [1.165, 1.54) is 6.07 Å². The number of benzene rings is 1. The molecule has 0 radical (unpaired) electrons. The molecule has 1 aromatic heterocycles. The lowest BCUT2D eigenvalue weighted by molar-refractivity contribution is 0.218. The van der Waals surface area contributed by atoms with Gasteiger partial charge in [0.25, 0.3) is 0 Å². The molecule has 106 valence electrons. The monoisotopic (exact) mass is 278 g/mol. The summed E-state index contributed by atoms with van der Waals surface area (Å²) >= 11 is 0. The number of hydrogen-bond donors (Lipinski definition) is 1. The first-order valence-corrected chi connectivity index (χ1v) is 6.07. The molecule has 0 spiro atoms. The third-order valence-electron chi connectivity index (χ3n) is 2.31. The minimum atomic E-state index is -0.474. The summed E-state index contributed by atoms with van der Waals surface area (Å²) in [5.74, 6) is -0.511. The molecule has 0 unspecified atom stereocenters. The second kappa shape index (κ2) is 5.68. The van der Waals surface area contributed by atoms with Gasteiger partial charge < -0.3 is 15.2 Å². The first kappa shape index (κ1) is 14.0. The predicted molar refractivity (Wildman–Crippen MR) is 71.2 cm³/mol. The highest BCUT2D eigenvalue weighted by atomic mass is 19.1. The van der Waals surface area contributed by atoms with Crippen LogP contribution in [0.25, 0.3) is 0 Å². The highest BCUT2D eigenvalue weighted by Crippen LogP contribution is 2.25. The molecule has 7 heteroatoms. The molecule has 1 heterocycles. The number of halogens is 1. The first-order chi connectivity index (χ1) is 9.45. The number of anilines is 1. The van der Waals surface area contributed by atoms with Crippen LogP contribution in [-0.4, -0.2) is 21.1 Å². The molecule has 6 nitrogen and oxygen atoms in total. The van der Waals surface area contributed by atoms with Gasteiger partial charge >= 0.3 is 12.0 Å². The van der Waals surface area contributed by atoms with E-state index in [9.17, 15) is 4.39 Å². The number of nitrogens with two attached hydrogens (primary N) is 1. The summed E-state index contributed by atoms with van der Waals surface area (Å²) in [6.07, 6.45) is -0.125. The van der Waals surface area contributed by atoms with Gasteiger partial charge in [-0.15, -0.1) is 4.98 Å². The van der Waals surface area contributed by atoms with Crippen molar-refractivity contribution >= 4 is 5.95 Å². The maximum Gasteiger partial charge on any atom is 0.330 e. The molecular weight excluding hydrogens is 263 g/mol. The van der Waals surface area contributed by atoms with Gasteiger partial charge in [0.1, 0.15) is 0 Å². The van der Waals surface area contributed by atoms with Crippen LogP contribution in [0.3, 0.4) is 0 Å². The van der Waals surface area contributed by atoms with Crippen molar-refractivity contribution in [1.82, 2.24) is 15.0 Å². The summed E-state index contributed by atoms with van der Waals surface area (Å²) in [5, 5.41) is 0. The predicted octanol–water partition coefficient (Wildman–Crippen LogP) is 2.48. The molecule has 1 aromatic carbocycles. The largest absolute Gasteiger partial charge is 0.461 e. The lowest BCUT2D eigenvalue weighted by Gasteiger charge is -2.10. The first-order valence-electron chi connectivity index (χ1n) is 6.07. The quantitative estimate of drug-likeness (QED) is 0.925. The van der Waals surface area contributed by atoms with Gasteiger partial charge in [-0.3, -0.25) is 0 Å². The topological polar surface area (TPSA) is 83.2 Å². The molecule has 2 aromatic rings. The van der Waals surface area contributed by atoms with Gasteiger partial charge in [0, 0.05) is 0 Å². The SMILES string of the molecule is Cc1cccc(Oc2nc(N)nc(OC(C)C)n2)c1F. The smallest absolute Gasteiger partial charge is 0.330 e. The summed E-state index contributed by atoms with van der Waals surface area (Å²) in [6.45, 7) is 5.28. The second-order valence-corrected chi connectivity index (χ2v) is 4.41. The van der Waals surface area contributed by atoms with Crippen molar-refractivity contribution in [2.75, 3.05) is 5.73 Å². The molecule has 0 bridgehead atoms. The summed E-state index contributed by atoms with van der Waals surface area (Å²) < 4.78 is 24.4. The maximum atomic E-state index is 13.8. The van der Waals surface area contributed by atoms with Crippen molar-refractivity contribution in [2.24, 2.45) is 0 Å². The van der Waals surface area contributed by atoms with E-state index in [1.54, 1.807) is 19.1 Å². The standard InChI is InChI=1S/C13H15FN4O2/c1-7(2)19-12-16-11(15)17-13(18-12)20-9-6-4-5-8(3)10(9)14/h4-7H,1-3H3,(H2,15,16,17,18). The summed E-state index contributed by atoms with van der Waals surface area (Å²) in [6, 6.07) is 4.71. The van der Waals surface area contributed by atoms with Crippen LogP contribution < -0.4 is 15.2 Å². The zero-order valence-electron chi connectivity index (χ0n) is 11.4. The van der Waals surface area contributed by atoms with Gasteiger partial charge in [-0.25, -0.2) is 4.39 Å². The van der Waals surface area contributed by atoms with Gasteiger partial charge in [-0.05, 0) is 32.4 Å². The Kier molecular flexibility index (Phi) is 3.97. The molecule has 0 saturated heterocycles. The zero-order valence-corrected chi connectivity index (χ0v) is 11.4. The van der Waals surface area contributed by atoms with Crippen molar-refractivity contribution < 1.29 is 13.9 Å². The van der Waals surface area contributed by atoms with Crippen LogP contribution >= 0.6 is 0 Å². The maximum absolute atomic E-state index is 13.8. The normalized spacial score (nSPS) is 10.7. The van der Waals surface area contributed by atoms with E-state index in [0.717, 1.165) is 0 Å². The molecule has 0 saturated carbocycles. The fraction of sp³-hybridized carbons (Fsp3) is 0.308. The van der Waals surface area contributed by atoms with Gasteiger partial charge in [0.2, 0.25) is 5.95 Å². The Morgan fingerprint density at radius 2 is 1.85 bits per heavy atom. The highest BCUT2D eigenvalue weighted by molar-refractivity contribution is 5.32. The Morgan fingerprint density at radius 3 is 2.55 bits per heavy atom. The van der Waals surface area contributed by atoms with E-state index < -0.39 is 5.82 Å². The third-order valence-corrected chi connectivity index (χ3v) is 2.31. The summed E-state index contributed by atoms with van der Waals surface area (Å²) in [4.78, 5) is 11.5. The van der Waals surface area contributed by atoms with E-state index in [0.29, 0.717) is 5.56 Å². The van der Waals surface area contributed by atoms with Gasteiger partial charge in [0.15, 0.2) is 11.6 Å². The van der Waals surface area contributed by atoms with E-state index in [4.69, 9.17) is 15.2 Å². The minimum Gasteiger partial charge on any atom is -0.461 e. The average Bonchev–Trinajstić information content (AvgIpc) is 2.33. The van der Waals surface area contributed by atoms with Gasteiger partial charge in [-0.2, -0.15) is 9.97 Å². The van der Waals surface area contributed by atoms with Crippen LogP contribution in [0.15, 0.2) is 18.2 Å². The van der Waals surface area contributed by atoms with Crippen LogP contribution in [-0.2, 0) is 0 Å². The van der Waals surface area contributed by atoms with Crippen LogP contribution in [0.1, 0.15) is 19.4 Å². The number of nitrogens with zero attached hydrogens (tertiary/aromatic N) is 3. The van der Waals surface area contributed by atoms with Crippen molar-refractivity contribution in [2.45, 2.75) is 26.9 Å². The average molecular weight is 278 g/mol. The fourth-order valence-electron chi connectivity index (χ4n) is 1.46. The Balaban J connectivity index is 2.29. The lowest BCUT2D eigenvalue weighted by atomic mass is 10.2. The number of rotatable bonds is 4. The number of hydrogen-bond acceptors (Lipinski definition) is 6. The summed E-state index contributed by atoms with van der Waals surface area (Å²) in [5.41, 5.74) is 6.00. The molecule has 0 aliphatic heterocycles. The van der Waals surface area contributed by atoms with E-state index in [-0.39, 0.29) is 29.8 Å². The van der Waals surface area contributed by atoms with E-state index in [2.05, 4.69) is 15.0 Å². The molecule has 2 rings (SSSR count). The molecule has 2 N–H and O–H groups in total. The highest BCUT2D eigenvalue weighted by Gasteiger charge is 2.12. The van der Waals surface area contributed by atoms with E-state index in [1.807, 2.05) is 13.8 Å². The fourth-order valence-corrected chi connectivity index (χ4v) is 1.46. The number of aryl methyl sites for hydroxylation is 1. The van der Waals surface area contributed by atoms with Crippen molar-refractivity contribution in [3.8, 4) is 17.8 Å². The third kappa shape index (κ3) is 3.31. The Hall–Kier alpha value is -2.44. The molecule has 0 amide bonds. The lowest BCUT2D eigenvalue weighted by Crippen LogP contribution is -2.11. The van der Waals surface area contributed by atoms with Crippen LogP contribution in [0.4, 0.5) is 10.3 Å². The molecule has 0 atom stereocenters. The Morgan fingerprint density at radius 1 is 1.15 bits per heavy atom. The molecule has 20 heavy (non-hydrogen) atoms. The van der Waals surface area contributed by atoms with Gasteiger partial charge in [0.05, 0.1) is 6.10 Å². The molecule has 0 aliphatic rings. The van der Waals surface area contributed by atoms with Crippen molar-refractivity contribution in [3.05, 3.63) is 29.6 Å². The number of aromatic nitrogens is 3. The number of ether oxygens (including phenoxy) is 2. The minimum absolute atomic E-state index is 0.0195. The van der Waals surface area contributed by atoms with E-state index >= 15 is 0 Å². The molecule has 0 fully saturated rings. The van der Waals surface area contributed by atoms with Crippen molar-refractivity contribution in [3.63, 3.8) is 0 Å². The zero-order chi connectivity index (χ0) is 14.7. The van der Waals surface area contributed by atoms with Crippen LogP contribution in [0.5, 0.6) is 17.8 Å². The number of nitrogen functional groups attached to an aromatic ring is 1. The summed E-state index contributed by atoms with van der Waals surface area (Å²) in [7, 11) is 0. The van der Waals surface area contributed by atoms with Gasteiger partial charge in [-0.1, -0.05) is 12.1 Å². The second-order valence-electron chi connectivity index (χ2n) is 4.41. The molecule has 0 aliphatic carbocycles. The van der Waals surface area contributed by atoms with Crippen LogP contribution in [0.2, 0.25) is 0 Å². The van der Waals surface area contributed by atoms with Crippen molar-refractivity contribution in [1.29, 1.82) is 0 Å².